The number of methoxy groups -OCH3 is 1. The van der Waals surface area contributed by atoms with Crippen LogP contribution in [0.5, 0.6) is 0 Å². The highest BCUT2D eigenvalue weighted by molar-refractivity contribution is 5.97. The lowest BCUT2D eigenvalue weighted by atomic mass is 10.3. The van der Waals surface area contributed by atoms with Crippen LogP contribution in [0.4, 0.5) is 0 Å². The zero-order valence-electron chi connectivity index (χ0n) is 10.6. The summed E-state index contributed by atoms with van der Waals surface area (Å²) in [6.07, 6.45) is 4.43. The molecule has 1 heterocycles. The molecule has 2 N–H and O–H groups in total. The minimum Gasteiger partial charge on any atom is -0.383 e. The van der Waals surface area contributed by atoms with Crippen molar-refractivity contribution >= 4 is 18.0 Å². The molecule has 0 aliphatic rings. The fourth-order valence-electron chi connectivity index (χ4n) is 1.17. The second-order valence-corrected chi connectivity index (χ2v) is 3.60. The highest BCUT2D eigenvalue weighted by Crippen LogP contribution is 1.89. The summed E-state index contributed by atoms with van der Waals surface area (Å²) in [4.78, 5) is 26.5. The van der Waals surface area contributed by atoms with Crippen LogP contribution in [0.2, 0.25) is 0 Å². The molecule has 0 radical (unpaired) electrons. The second-order valence-electron chi connectivity index (χ2n) is 3.60. The van der Waals surface area contributed by atoms with Crippen molar-refractivity contribution in [3.8, 4) is 0 Å². The molecule has 19 heavy (non-hydrogen) atoms. The number of ether oxygens (including phenoxy) is 1. The van der Waals surface area contributed by atoms with Gasteiger partial charge in [-0.15, -0.1) is 0 Å². The van der Waals surface area contributed by atoms with Gasteiger partial charge >= 0.3 is 0 Å². The Morgan fingerprint density at radius 1 is 1.47 bits per heavy atom. The van der Waals surface area contributed by atoms with Crippen LogP contribution in [0.1, 0.15) is 12.0 Å². The molecule has 1 rings (SSSR count). The monoisotopic (exact) mass is 264 g/mol. The molecule has 0 atom stereocenters. The minimum atomic E-state index is -0.477. The third-order valence-corrected chi connectivity index (χ3v) is 2.04. The van der Waals surface area contributed by atoms with Gasteiger partial charge in [-0.25, -0.2) is 5.43 Å². The summed E-state index contributed by atoms with van der Waals surface area (Å²) >= 11 is 0. The molecule has 0 aliphatic carbocycles. The maximum absolute atomic E-state index is 11.3. The molecular formula is C12H16N4O3. The van der Waals surface area contributed by atoms with E-state index in [1.54, 1.807) is 24.5 Å². The number of hydrogen-bond acceptors (Lipinski definition) is 5. The molecule has 0 bridgehead atoms. The van der Waals surface area contributed by atoms with E-state index in [0.717, 1.165) is 5.56 Å². The highest BCUT2D eigenvalue weighted by Gasteiger charge is 2.07. The van der Waals surface area contributed by atoms with Crippen molar-refractivity contribution in [1.29, 1.82) is 0 Å². The first-order chi connectivity index (χ1) is 9.22. The van der Waals surface area contributed by atoms with Gasteiger partial charge in [-0.05, 0) is 6.07 Å². The van der Waals surface area contributed by atoms with Gasteiger partial charge < -0.3 is 10.1 Å². The molecule has 1 aromatic rings. The SMILES string of the molecule is COCCNC(=O)CC(=O)N/N=C\c1cccnc1. The van der Waals surface area contributed by atoms with E-state index in [1.165, 1.54) is 13.3 Å². The largest absolute Gasteiger partial charge is 0.383 e. The van der Waals surface area contributed by atoms with Crippen molar-refractivity contribution in [1.82, 2.24) is 15.7 Å². The van der Waals surface area contributed by atoms with Gasteiger partial charge in [0.2, 0.25) is 11.8 Å². The summed E-state index contributed by atoms with van der Waals surface area (Å²) in [5.74, 6) is -0.846. The van der Waals surface area contributed by atoms with Gasteiger partial charge in [0.15, 0.2) is 0 Å². The normalized spacial score (nSPS) is 10.4. The van der Waals surface area contributed by atoms with Crippen LogP contribution < -0.4 is 10.7 Å². The summed E-state index contributed by atoms with van der Waals surface area (Å²) < 4.78 is 4.77. The van der Waals surface area contributed by atoms with Crippen molar-refractivity contribution in [3.05, 3.63) is 30.1 Å². The van der Waals surface area contributed by atoms with Crippen molar-refractivity contribution in [2.75, 3.05) is 20.3 Å². The predicted molar refractivity (Wildman–Crippen MR) is 69.5 cm³/mol. The van der Waals surface area contributed by atoms with Crippen LogP contribution in [0.25, 0.3) is 0 Å². The Morgan fingerprint density at radius 2 is 2.32 bits per heavy atom. The first-order valence-corrected chi connectivity index (χ1v) is 5.70. The van der Waals surface area contributed by atoms with E-state index >= 15 is 0 Å². The molecule has 0 saturated heterocycles. The predicted octanol–water partition coefficient (Wildman–Crippen LogP) is -0.316. The van der Waals surface area contributed by atoms with Crippen molar-refractivity contribution in [2.45, 2.75) is 6.42 Å². The van der Waals surface area contributed by atoms with Crippen LogP contribution >= 0.6 is 0 Å². The lowest BCUT2D eigenvalue weighted by molar-refractivity contribution is -0.129. The zero-order chi connectivity index (χ0) is 13.9. The van der Waals surface area contributed by atoms with Gasteiger partial charge in [0.25, 0.3) is 0 Å². The molecule has 7 heteroatoms. The number of carbonyl (C=O) groups excluding carboxylic acids is 2. The highest BCUT2D eigenvalue weighted by atomic mass is 16.5. The van der Waals surface area contributed by atoms with Crippen LogP contribution in [0, 0.1) is 0 Å². The lowest BCUT2D eigenvalue weighted by Crippen LogP contribution is -2.31. The van der Waals surface area contributed by atoms with Crippen molar-refractivity contribution < 1.29 is 14.3 Å². The standard InChI is InChI=1S/C12H16N4O3/c1-19-6-5-14-11(17)7-12(18)16-15-9-10-3-2-4-13-8-10/h2-4,8-9H,5-7H2,1H3,(H,14,17)(H,16,18)/b15-9-. The fourth-order valence-corrected chi connectivity index (χ4v) is 1.17. The van der Waals surface area contributed by atoms with Crippen LogP contribution in [-0.4, -0.2) is 43.3 Å². The Bertz CT molecular complexity index is 434. The molecule has 0 fully saturated rings. The molecule has 1 aromatic heterocycles. The van der Waals surface area contributed by atoms with Gasteiger partial charge in [0.1, 0.15) is 6.42 Å². The number of hydrogen-bond donors (Lipinski definition) is 2. The lowest BCUT2D eigenvalue weighted by Gasteiger charge is -2.03. The summed E-state index contributed by atoms with van der Waals surface area (Å²) in [6, 6.07) is 3.55. The Balaban J connectivity index is 2.24. The summed E-state index contributed by atoms with van der Waals surface area (Å²) in [5.41, 5.74) is 3.02. The molecule has 0 spiro atoms. The number of carbonyl (C=O) groups is 2. The number of aromatic nitrogens is 1. The molecule has 0 saturated carbocycles. The molecule has 102 valence electrons. The summed E-state index contributed by atoms with van der Waals surface area (Å²) in [5, 5.41) is 6.26. The number of pyridine rings is 1. The molecular weight excluding hydrogens is 248 g/mol. The van der Waals surface area contributed by atoms with Crippen molar-refractivity contribution in [2.24, 2.45) is 5.10 Å². The average Bonchev–Trinajstić information content (AvgIpc) is 2.40. The number of amides is 2. The van der Waals surface area contributed by atoms with Crippen LogP contribution in [0.3, 0.4) is 0 Å². The Morgan fingerprint density at radius 3 is 3.00 bits per heavy atom. The molecule has 2 amide bonds. The van der Waals surface area contributed by atoms with Crippen LogP contribution in [-0.2, 0) is 14.3 Å². The summed E-state index contributed by atoms with van der Waals surface area (Å²) in [6.45, 7) is 0.786. The van der Waals surface area contributed by atoms with E-state index in [1.807, 2.05) is 0 Å². The van der Waals surface area contributed by atoms with E-state index in [0.29, 0.717) is 13.2 Å². The average molecular weight is 264 g/mol. The topological polar surface area (TPSA) is 92.7 Å². The quantitative estimate of drug-likeness (QED) is 0.305. The number of hydrazone groups is 1. The first-order valence-electron chi connectivity index (χ1n) is 5.70. The molecule has 7 nitrogen and oxygen atoms in total. The van der Waals surface area contributed by atoms with E-state index in [9.17, 15) is 9.59 Å². The minimum absolute atomic E-state index is 0.270. The van der Waals surface area contributed by atoms with Crippen LogP contribution in [0.15, 0.2) is 29.6 Å². The van der Waals surface area contributed by atoms with E-state index in [2.05, 4.69) is 20.8 Å². The Kier molecular flexibility index (Phi) is 6.81. The second kappa shape index (κ2) is 8.76. The first kappa shape index (κ1) is 14.8. The maximum Gasteiger partial charge on any atom is 0.249 e. The number of nitrogens with one attached hydrogen (secondary N) is 2. The van der Waals surface area contributed by atoms with E-state index < -0.39 is 5.91 Å². The molecule has 0 aromatic carbocycles. The molecule has 0 unspecified atom stereocenters. The van der Waals surface area contributed by atoms with Gasteiger partial charge in [-0.3, -0.25) is 14.6 Å². The fraction of sp³-hybridized carbons (Fsp3) is 0.333. The van der Waals surface area contributed by atoms with Gasteiger partial charge in [0, 0.05) is 31.6 Å². The zero-order valence-corrected chi connectivity index (χ0v) is 10.6. The van der Waals surface area contributed by atoms with Crippen molar-refractivity contribution in [3.63, 3.8) is 0 Å². The third-order valence-electron chi connectivity index (χ3n) is 2.04. The Hall–Kier alpha value is -2.28. The Labute approximate surface area is 111 Å². The number of nitrogens with zero attached hydrogens (tertiary/aromatic N) is 2. The maximum atomic E-state index is 11.3. The van der Waals surface area contributed by atoms with Gasteiger partial charge in [0.05, 0.1) is 12.8 Å². The number of rotatable bonds is 7. The van der Waals surface area contributed by atoms with E-state index in [4.69, 9.17) is 4.74 Å². The smallest absolute Gasteiger partial charge is 0.249 e. The van der Waals surface area contributed by atoms with Gasteiger partial charge in [-0.2, -0.15) is 5.10 Å². The van der Waals surface area contributed by atoms with Gasteiger partial charge in [-0.1, -0.05) is 6.07 Å². The molecule has 0 aliphatic heterocycles. The van der Waals surface area contributed by atoms with E-state index in [-0.39, 0.29) is 12.3 Å². The summed E-state index contributed by atoms with van der Waals surface area (Å²) in [7, 11) is 1.53. The third kappa shape index (κ3) is 6.89.